The standard InChI is InChI=1S/C20H31N3O3/c1-20(2,3)18-12-17(25-4)6-7-19(18)26-14-16(24)13-21-8-5-10-23-11-9-22-15-23/h6-7,9,11-12,15-16,21,24H,5,8,10,13-14H2,1-4H3/p+1/t16-/m0/s1. The molecule has 1 aromatic heterocycles. The van der Waals surface area contributed by atoms with Crippen LogP contribution in [0.2, 0.25) is 0 Å². The molecule has 1 aromatic carbocycles. The summed E-state index contributed by atoms with van der Waals surface area (Å²) in [5.41, 5.74) is 1.02. The molecule has 0 aliphatic carbocycles. The Kier molecular flexibility index (Phi) is 7.48. The van der Waals surface area contributed by atoms with Crippen LogP contribution in [0.1, 0.15) is 32.8 Å². The van der Waals surface area contributed by atoms with Gasteiger partial charge in [-0.3, -0.25) is 0 Å². The Labute approximate surface area is 156 Å². The van der Waals surface area contributed by atoms with E-state index in [0.717, 1.165) is 36.6 Å². The molecule has 0 radical (unpaired) electrons. The number of aliphatic hydroxyl groups is 1. The maximum Gasteiger partial charge on any atom is 0.137 e. The maximum atomic E-state index is 10.2. The lowest BCUT2D eigenvalue weighted by Gasteiger charge is -2.24. The fourth-order valence-electron chi connectivity index (χ4n) is 2.75. The van der Waals surface area contributed by atoms with Gasteiger partial charge in [-0.05, 0) is 23.6 Å². The first kappa shape index (κ1) is 20.3. The Morgan fingerprint density at radius 3 is 2.77 bits per heavy atom. The van der Waals surface area contributed by atoms with Gasteiger partial charge in [0, 0.05) is 30.9 Å². The third-order valence-electron chi connectivity index (χ3n) is 4.25. The molecule has 144 valence electrons. The molecular weight excluding hydrogens is 330 g/mol. The van der Waals surface area contributed by atoms with Gasteiger partial charge in [0.2, 0.25) is 0 Å². The number of nitrogens with two attached hydrogens (primary N) is 1. The summed E-state index contributed by atoms with van der Waals surface area (Å²) < 4.78 is 13.3. The normalized spacial score (nSPS) is 12.8. The number of nitrogens with zero attached hydrogens (tertiary/aromatic N) is 2. The molecule has 3 N–H and O–H groups in total. The van der Waals surface area contributed by atoms with E-state index >= 15 is 0 Å². The van der Waals surface area contributed by atoms with Crippen molar-refractivity contribution in [2.75, 3.05) is 26.8 Å². The van der Waals surface area contributed by atoms with Gasteiger partial charge in [0.1, 0.15) is 30.8 Å². The van der Waals surface area contributed by atoms with Crippen molar-refractivity contribution >= 4 is 0 Å². The lowest BCUT2D eigenvalue weighted by Crippen LogP contribution is -2.86. The Morgan fingerprint density at radius 2 is 2.12 bits per heavy atom. The van der Waals surface area contributed by atoms with E-state index in [1.54, 1.807) is 13.3 Å². The van der Waals surface area contributed by atoms with Crippen LogP contribution >= 0.6 is 0 Å². The molecule has 1 atom stereocenters. The molecule has 2 rings (SSSR count). The molecular formula is C20H32N3O3+. The Bertz CT molecular complexity index is 651. The monoisotopic (exact) mass is 362 g/mol. The summed E-state index contributed by atoms with van der Waals surface area (Å²) in [6, 6.07) is 5.81. The van der Waals surface area contributed by atoms with Gasteiger partial charge in [-0.1, -0.05) is 20.8 Å². The second-order valence-corrected chi connectivity index (χ2v) is 7.54. The predicted molar refractivity (Wildman–Crippen MR) is 102 cm³/mol. The number of ether oxygens (including phenoxy) is 2. The second kappa shape index (κ2) is 9.59. The number of aromatic nitrogens is 2. The number of rotatable bonds is 10. The van der Waals surface area contributed by atoms with Crippen molar-refractivity contribution in [1.29, 1.82) is 0 Å². The SMILES string of the molecule is COc1ccc(OC[C@@H](O)C[NH2+]CCCn2ccnc2)c(C(C)(C)C)c1. The number of methoxy groups -OCH3 is 1. The number of imidazole rings is 1. The zero-order chi connectivity index (χ0) is 19.0. The van der Waals surface area contributed by atoms with Gasteiger partial charge >= 0.3 is 0 Å². The van der Waals surface area contributed by atoms with Crippen molar-refractivity contribution in [3.05, 3.63) is 42.5 Å². The van der Waals surface area contributed by atoms with Gasteiger partial charge < -0.3 is 24.5 Å². The molecule has 0 fully saturated rings. The van der Waals surface area contributed by atoms with Gasteiger partial charge in [0.25, 0.3) is 0 Å². The molecule has 26 heavy (non-hydrogen) atoms. The van der Waals surface area contributed by atoms with Gasteiger partial charge in [-0.2, -0.15) is 0 Å². The zero-order valence-corrected chi connectivity index (χ0v) is 16.3. The van der Waals surface area contributed by atoms with Crippen molar-refractivity contribution in [2.24, 2.45) is 0 Å². The first-order chi connectivity index (χ1) is 12.4. The fraction of sp³-hybridized carbons (Fsp3) is 0.550. The van der Waals surface area contributed by atoms with E-state index in [-0.39, 0.29) is 12.0 Å². The average Bonchev–Trinajstić information content (AvgIpc) is 3.12. The summed E-state index contributed by atoms with van der Waals surface area (Å²) in [5, 5.41) is 12.3. The topological polar surface area (TPSA) is 73.1 Å². The minimum absolute atomic E-state index is 0.0612. The number of quaternary nitrogens is 1. The van der Waals surface area contributed by atoms with E-state index in [0.29, 0.717) is 6.54 Å². The molecule has 0 aliphatic heterocycles. The zero-order valence-electron chi connectivity index (χ0n) is 16.3. The predicted octanol–water partition coefficient (Wildman–Crippen LogP) is 1.58. The third kappa shape index (κ3) is 6.35. The van der Waals surface area contributed by atoms with Crippen molar-refractivity contribution in [2.45, 2.75) is 45.3 Å². The lowest BCUT2D eigenvalue weighted by molar-refractivity contribution is -0.661. The Hall–Kier alpha value is -2.05. The quantitative estimate of drug-likeness (QED) is 0.630. The van der Waals surface area contributed by atoms with E-state index < -0.39 is 6.10 Å². The minimum atomic E-state index is -0.502. The van der Waals surface area contributed by atoms with Crippen LogP contribution in [0.25, 0.3) is 0 Å². The highest BCUT2D eigenvalue weighted by molar-refractivity contribution is 5.44. The molecule has 1 heterocycles. The molecule has 0 bridgehead atoms. The second-order valence-electron chi connectivity index (χ2n) is 7.54. The summed E-state index contributed by atoms with van der Waals surface area (Å²) in [7, 11) is 1.66. The maximum absolute atomic E-state index is 10.2. The number of benzene rings is 1. The molecule has 0 spiro atoms. The Morgan fingerprint density at radius 1 is 1.31 bits per heavy atom. The van der Waals surface area contributed by atoms with Crippen LogP contribution in [0.4, 0.5) is 0 Å². The highest BCUT2D eigenvalue weighted by Crippen LogP contribution is 2.34. The van der Waals surface area contributed by atoms with Crippen LogP contribution in [0.5, 0.6) is 11.5 Å². The number of hydrogen-bond acceptors (Lipinski definition) is 4. The van der Waals surface area contributed by atoms with Crippen molar-refractivity contribution in [3.63, 3.8) is 0 Å². The van der Waals surface area contributed by atoms with Crippen LogP contribution in [0.3, 0.4) is 0 Å². The van der Waals surface area contributed by atoms with E-state index in [9.17, 15) is 5.11 Å². The molecule has 2 aromatic rings. The lowest BCUT2D eigenvalue weighted by atomic mass is 9.86. The van der Waals surface area contributed by atoms with Crippen molar-refractivity contribution in [1.82, 2.24) is 9.55 Å². The van der Waals surface area contributed by atoms with Crippen LogP contribution in [-0.4, -0.2) is 47.6 Å². The molecule has 0 aliphatic rings. The first-order valence-electron chi connectivity index (χ1n) is 9.17. The molecule has 0 amide bonds. The summed E-state index contributed by atoms with van der Waals surface area (Å²) >= 11 is 0. The number of aliphatic hydroxyl groups excluding tert-OH is 1. The summed E-state index contributed by atoms with van der Waals surface area (Å²) in [4.78, 5) is 4.03. The van der Waals surface area contributed by atoms with Crippen LogP contribution in [-0.2, 0) is 12.0 Å². The fourth-order valence-corrected chi connectivity index (χ4v) is 2.75. The highest BCUT2D eigenvalue weighted by Gasteiger charge is 2.20. The molecule has 0 saturated heterocycles. The van der Waals surface area contributed by atoms with E-state index in [4.69, 9.17) is 9.47 Å². The van der Waals surface area contributed by atoms with Crippen molar-refractivity contribution < 1.29 is 19.9 Å². The Balaban J connectivity index is 1.75. The molecule has 6 heteroatoms. The minimum Gasteiger partial charge on any atom is -0.497 e. The summed E-state index contributed by atoms with van der Waals surface area (Å²) in [6.07, 6.45) is 6.11. The smallest absolute Gasteiger partial charge is 0.137 e. The van der Waals surface area contributed by atoms with Gasteiger partial charge in [-0.15, -0.1) is 0 Å². The third-order valence-corrected chi connectivity index (χ3v) is 4.25. The van der Waals surface area contributed by atoms with Gasteiger partial charge in [-0.25, -0.2) is 4.98 Å². The highest BCUT2D eigenvalue weighted by atomic mass is 16.5. The van der Waals surface area contributed by atoms with E-state index in [2.05, 4.69) is 35.6 Å². The molecule has 0 saturated carbocycles. The molecule has 0 unspecified atom stereocenters. The van der Waals surface area contributed by atoms with Crippen molar-refractivity contribution in [3.8, 4) is 11.5 Å². The van der Waals surface area contributed by atoms with Crippen LogP contribution in [0.15, 0.2) is 36.9 Å². The van der Waals surface area contributed by atoms with E-state index in [1.165, 1.54) is 0 Å². The largest absolute Gasteiger partial charge is 0.497 e. The number of aryl methyl sites for hydroxylation is 1. The first-order valence-corrected chi connectivity index (χ1v) is 9.17. The summed E-state index contributed by atoms with van der Waals surface area (Å²) in [6.45, 7) is 9.24. The van der Waals surface area contributed by atoms with E-state index in [1.807, 2.05) is 30.7 Å². The van der Waals surface area contributed by atoms with Crippen LogP contribution in [0, 0.1) is 0 Å². The average molecular weight is 362 g/mol. The van der Waals surface area contributed by atoms with Gasteiger partial charge in [0.15, 0.2) is 0 Å². The summed E-state index contributed by atoms with van der Waals surface area (Å²) in [5.74, 6) is 1.62. The van der Waals surface area contributed by atoms with Gasteiger partial charge in [0.05, 0.1) is 20.0 Å². The molecule has 6 nitrogen and oxygen atoms in total. The number of hydrogen-bond donors (Lipinski definition) is 2. The van der Waals surface area contributed by atoms with Crippen LogP contribution < -0.4 is 14.8 Å².